The lowest BCUT2D eigenvalue weighted by Crippen LogP contribution is -2.48. The second-order valence-electron chi connectivity index (χ2n) is 2.10. The summed E-state index contributed by atoms with van der Waals surface area (Å²) in [6.45, 7) is 0. The largest absolute Gasteiger partial charge is 0.322 e. The van der Waals surface area contributed by atoms with Crippen LogP contribution in [0.25, 0.3) is 0 Å². The fraction of sp³-hybridized carbons (Fsp3) is 0.333. The summed E-state index contributed by atoms with van der Waals surface area (Å²) in [5.41, 5.74) is 11.0. The van der Waals surface area contributed by atoms with E-state index in [1.807, 2.05) is 6.08 Å². The zero-order valence-corrected chi connectivity index (χ0v) is 8.12. The smallest absolute Gasteiger partial charge is 0.129 e. The van der Waals surface area contributed by atoms with Gasteiger partial charge in [-0.15, -0.1) is 24.8 Å². The first-order valence-corrected chi connectivity index (χ1v) is 3.10. The molecular weight excluding hydrogens is 206 g/mol. The van der Waals surface area contributed by atoms with Gasteiger partial charge in [0, 0.05) is 0 Å². The van der Waals surface area contributed by atoms with Crippen molar-refractivity contribution in [2.45, 2.75) is 11.0 Å². The van der Waals surface area contributed by atoms with E-state index >= 15 is 0 Å². The predicted molar refractivity (Wildman–Crippen MR) is 53.5 cm³/mol. The van der Waals surface area contributed by atoms with E-state index < -0.39 is 5.00 Å². The Morgan fingerprint density at radius 2 is 1.82 bits per heavy atom. The highest BCUT2D eigenvalue weighted by molar-refractivity contribution is 6.25. The molecule has 0 aromatic rings. The molecule has 0 aromatic heterocycles. The van der Waals surface area contributed by atoms with Gasteiger partial charge in [-0.1, -0.05) is 29.8 Å². The van der Waals surface area contributed by atoms with E-state index in [2.05, 4.69) is 0 Å². The van der Waals surface area contributed by atoms with Gasteiger partial charge in [0.25, 0.3) is 0 Å². The van der Waals surface area contributed by atoms with Gasteiger partial charge in [-0.3, -0.25) is 0 Å². The average molecular weight is 218 g/mol. The van der Waals surface area contributed by atoms with Crippen LogP contribution < -0.4 is 11.5 Å². The average Bonchev–Trinajstić information content (AvgIpc) is 1.77. The molecule has 1 aliphatic rings. The van der Waals surface area contributed by atoms with Gasteiger partial charge in [-0.25, -0.2) is 0 Å². The molecule has 2 unspecified atom stereocenters. The second kappa shape index (κ2) is 5.01. The molecule has 0 bridgehead atoms. The number of nitrogens with two attached hydrogens (primary N) is 2. The van der Waals surface area contributed by atoms with Crippen LogP contribution >= 0.6 is 36.4 Å². The molecule has 0 aromatic carbocycles. The summed E-state index contributed by atoms with van der Waals surface area (Å²) in [7, 11) is 0. The number of allylic oxidation sites excluding steroid dienone is 2. The van der Waals surface area contributed by atoms with Crippen molar-refractivity contribution in [3.05, 3.63) is 24.3 Å². The van der Waals surface area contributed by atoms with E-state index in [4.69, 9.17) is 23.1 Å². The normalized spacial score (nSPS) is 33.9. The van der Waals surface area contributed by atoms with Gasteiger partial charge < -0.3 is 11.5 Å². The summed E-state index contributed by atoms with van der Waals surface area (Å²) >= 11 is 5.74. The molecule has 5 heteroatoms. The summed E-state index contributed by atoms with van der Waals surface area (Å²) in [4.78, 5) is -0.880. The number of hydrogen-bond acceptors (Lipinski definition) is 2. The molecule has 1 rings (SSSR count). The quantitative estimate of drug-likeness (QED) is 0.473. The van der Waals surface area contributed by atoms with E-state index in [0.29, 0.717) is 0 Å². The third kappa shape index (κ3) is 3.45. The molecule has 66 valence electrons. The van der Waals surface area contributed by atoms with Crippen molar-refractivity contribution >= 4 is 36.4 Å². The van der Waals surface area contributed by atoms with Crippen molar-refractivity contribution in [3.63, 3.8) is 0 Å². The fourth-order valence-corrected chi connectivity index (χ4v) is 0.791. The standard InChI is InChI=1S/C6H9ClN2.2ClH/c7-6(9)4-2-1-3-5(6)8;;/h1-5H,8-9H2;2*1H. The monoisotopic (exact) mass is 216 g/mol. The summed E-state index contributed by atoms with van der Waals surface area (Å²) in [6.07, 6.45) is 7.07. The van der Waals surface area contributed by atoms with Crippen LogP contribution in [0.4, 0.5) is 0 Å². The van der Waals surface area contributed by atoms with Gasteiger partial charge in [0.1, 0.15) is 5.00 Å². The van der Waals surface area contributed by atoms with E-state index in [1.165, 1.54) is 0 Å². The zero-order chi connectivity index (χ0) is 6.91. The second-order valence-corrected chi connectivity index (χ2v) is 2.75. The molecule has 0 spiro atoms. The van der Waals surface area contributed by atoms with Crippen molar-refractivity contribution in [2.24, 2.45) is 11.5 Å². The van der Waals surface area contributed by atoms with Crippen LogP contribution in [0.1, 0.15) is 0 Å². The summed E-state index contributed by atoms with van der Waals surface area (Å²) in [5.74, 6) is 0. The van der Waals surface area contributed by atoms with Crippen LogP contribution in [-0.2, 0) is 0 Å². The third-order valence-electron chi connectivity index (χ3n) is 1.29. The Kier molecular flexibility index (Phi) is 6.30. The van der Waals surface area contributed by atoms with Crippen molar-refractivity contribution in [1.29, 1.82) is 0 Å². The molecule has 1 aliphatic carbocycles. The molecule has 11 heavy (non-hydrogen) atoms. The van der Waals surface area contributed by atoms with Crippen LogP contribution in [0.5, 0.6) is 0 Å². The number of rotatable bonds is 0. The summed E-state index contributed by atoms with van der Waals surface area (Å²) in [5, 5.41) is 0. The van der Waals surface area contributed by atoms with Crippen LogP contribution in [0, 0.1) is 0 Å². The molecule has 0 saturated carbocycles. The number of halogens is 3. The maximum atomic E-state index is 5.74. The van der Waals surface area contributed by atoms with Gasteiger partial charge in [-0.05, 0) is 6.08 Å². The van der Waals surface area contributed by atoms with E-state index in [0.717, 1.165) is 0 Å². The predicted octanol–water partition coefficient (Wildman–Crippen LogP) is 1.18. The SMILES string of the molecule is Cl.Cl.NC1C=CC=CC1(N)Cl. The van der Waals surface area contributed by atoms with Crippen molar-refractivity contribution in [1.82, 2.24) is 0 Å². The first-order chi connectivity index (χ1) is 4.13. The molecule has 2 nitrogen and oxygen atoms in total. The lowest BCUT2D eigenvalue weighted by molar-refractivity contribution is 0.635. The molecular formula is C6H11Cl3N2. The molecule has 4 N–H and O–H groups in total. The van der Waals surface area contributed by atoms with Gasteiger partial charge >= 0.3 is 0 Å². The third-order valence-corrected chi connectivity index (χ3v) is 1.67. The topological polar surface area (TPSA) is 52.0 Å². The number of hydrogen-bond donors (Lipinski definition) is 2. The van der Waals surface area contributed by atoms with Crippen LogP contribution in [0.15, 0.2) is 24.3 Å². The van der Waals surface area contributed by atoms with Crippen LogP contribution in [0.3, 0.4) is 0 Å². The fourth-order valence-electron chi connectivity index (χ4n) is 0.645. The summed E-state index contributed by atoms with van der Waals surface area (Å²) < 4.78 is 0. The number of alkyl halides is 1. The minimum absolute atomic E-state index is 0. The van der Waals surface area contributed by atoms with Gasteiger partial charge in [-0.2, -0.15) is 0 Å². The molecule has 0 amide bonds. The Balaban J connectivity index is 0. The zero-order valence-electron chi connectivity index (χ0n) is 5.74. The molecule has 0 saturated heterocycles. The maximum Gasteiger partial charge on any atom is 0.129 e. The molecule has 0 radical (unpaired) electrons. The van der Waals surface area contributed by atoms with Crippen molar-refractivity contribution in [2.75, 3.05) is 0 Å². The summed E-state index contributed by atoms with van der Waals surface area (Å²) in [6, 6.07) is -0.274. The molecule has 2 atom stereocenters. The Morgan fingerprint density at radius 3 is 2.09 bits per heavy atom. The highest BCUT2D eigenvalue weighted by Crippen LogP contribution is 2.17. The van der Waals surface area contributed by atoms with Gasteiger partial charge in [0.15, 0.2) is 0 Å². The lowest BCUT2D eigenvalue weighted by atomic mass is 10.0. The van der Waals surface area contributed by atoms with Crippen LogP contribution in [-0.4, -0.2) is 11.0 Å². The van der Waals surface area contributed by atoms with Crippen molar-refractivity contribution < 1.29 is 0 Å². The molecule has 0 aliphatic heterocycles. The first kappa shape index (κ1) is 13.8. The molecule has 0 heterocycles. The highest BCUT2D eigenvalue weighted by atomic mass is 35.5. The molecule has 0 fully saturated rings. The van der Waals surface area contributed by atoms with Gasteiger partial charge in [0.05, 0.1) is 6.04 Å². The minimum atomic E-state index is -0.880. The lowest BCUT2D eigenvalue weighted by Gasteiger charge is -2.24. The van der Waals surface area contributed by atoms with Crippen LogP contribution in [0.2, 0.25) is 0 Å². The first-order valence-electron chi connectivity index (χ1n) is 2.72. The Morgan fingerprint density at radius 1 is 1.27 bits per heavy atom. The highest BCUT2D eigenvalue weighted by Gasteiger charge is 2.25. The van der Waals surface area contributed by atoms with Gasteiger partial charge in [0.2, 0.25) is 0 Å². The Bertz CT molecular complexity index is 165. The Hall–Kier alpha value is 0.270. The Labute approximate surface area is 83.5 Å². The van der Waals surface area contributed by atoms with E-state index in [-0.39, 0.29) is 30.9 Å². The minimum Gasteiger partial charge on any atom is -0.322 e. The van der Waals surface area contributed by atoms with E-state index in [9.17, 15) is 0 Å². The van der Waals surface area contributed by atoms with E-state index in [1.54, 1.807) is 18.2 Å². The maximum absolute atomic E-state index is 5.74. The van der Waals surface area contributed by atoms with Crippen molar-refractivity contribution in [3.8, 4) is 0 Å².